The van der Waals surface area contributed by atoms with Crippen molar-refractivity contribution in [2.45, 2.75) is 38.2 Å². The molecule has 4 saturated carbocycles. The van der Waals surface area contributed by atoms with Gasteiger partial charge in [0.05, 0.1) is 5.41 Å². The fourth-order valence-electron chi connectivity index (χ4n) is 6.01. The number of phenolic OH excluding ortho intramolecular Hbond substituents is 1. The predicted octanol–water partition coefficient (Wildman–Crippen LogP) is 4.27. The average molecular weight is 408 g/mol. The van der Waals surface area contributed by atoms with Gasteiger partial charge in [0.2, 0.25) is 0 Å². The highest BCUT2D eigenvalue weighted by Crippen LogP contribution is 2.60. The van der Waals surface area contributed by atoms with Crippen LogP contribution in [0.1, 0.15) is 42.5 Å². The van der Waals surface area contributed by atoms with E-state index in [1.807, 2.05) is 6.07 Å². The number of esters is 1. The van der Waals surface area contributed by atoms with Crippen LogP contribution in [0.4, 0.5) is 0 Å². The van der Waals surface area contributed by atoms with Gasteiger partial charge in [0.1, 0.15) is 28.9 Å². The number of aromatic hydroxyl groups is 1. The molecule has 2 aromatic carbocycles. The van der Waals surface area contributed by atoms with Crippen LogP contribution in [0.15, 0.2) is 48.5 Å². The van der Waals surface area contributed by atoms with Crippen LogP contribution in [-0.4, -0.2) is 28.3 Å². The van der Waals surface area contributed by atoms with Gasteiger partial charge in [-0.2, -0.15) is 0 Å². The maximum absolute atomic E-state index is 12.4. The number of rotatable bonds is 5. The molecule has 0 radical (unpaired) electrons. The molecule has 6 rings (SSSR count). The molecule has 4 fully saturated rings. The number of para-hydroxylation sites is 1. The van der Waals surface area contributed by atoms with Gasteiger partial charge in [0.25, 0.3) is 0 Å². The van der Waals surface area contributed by atoms with Gasteiger partial charge >= 0.3 is 11.9 Å². The molecule has 0 amide bonds. The summed E-state index contributed by atoms with van der Waals surface area (Å²) in [5.74, 6) is 0.521. The average Bonchev–Trinajstić information content (AvgIpc) is 2.71. The van der Waals surface area contributed by atoms with Crippen molar-refractivity contribution in [3.05, 3.63) is 54.1 Å². The Morgan fingerprint density at radius 1 is 0.933 bits per heavy atom. The summed E-state index contributed by atoms with van der Waals surface area (Å²) in [6.45, 7) is 0. The largest absolute Gasteiger partial charge is 0.507 e. The molecular formula is C24H24O6. The van der Waals surface area contributed by atoms with Crippen LogP contribution < -0.4 is 9.47 Å². The molecular weight excluding hydrogens is 384 g/mol. The molecule has 156 valence electrons. The topological polar surface area (TPSA) is 93.1 Å². The minimum absolute atomic E-state index is 0.00172. The number of aliphatic carboxylic acids is 1. The number of phenols is 1. The Balaban J connectivity index is 1.31. The van der Waals surface area contributed by atoms with Crippen molar-refractivity contribution in [3.63, 3.8) is 0 Å². The number of carbonyl (C=O) groups is 2. The maximum Gasteiger partial charge on any atom is 0.347 e. The van der Waals surface area contributed by atoms with Crippen molar-refractivity contribution in [3.8, 4) is 17.2 Å². The van der Waals surface area contributed by atoms with Gasteiger partial charge < -0.3 is 19.7 Å². The van der Waals surface area contributed by atoms with E-state index in [2.05, 4.69) is 0 Å². The van der Waals surface area contributed by atoms with E-state index < -0.39 is 17.4 Å². The first-order chi connectivity index (χ1) is 14.4. The predicted molar refractivity (Wildman–Crippen MR) is 108 cm³/mol. The molecule has 4 aliphatic rings. The molecule has 2 unspecified atom stereocenters. The minimum atomic E-state index is -0.654. The van der Waals surface area contributed by atoms with E-state index in [0.29, 0.717) is 30.3 Å². The molecule has 2 aromatic rings. The Morgan fingerprint density at radius 2 is 1.63 bits per heavy atom. The second-order valence-corrected chi connectivity index (χ2v) is 9.02. The standard InChI is InChI=1S/C24H24O6/c25-20-7-2-1-6-19(20)22(26)30-18-5-3-4-17(10-18)29-21-15-8-14-9-16(21)13-24(11-14,12-15)23(27)28/h1-7,10,14-16,21,25H,8-9,11-13H2,(H,27,28). The maximum atomic E-state index is 12.4. The highest BCUT2D eigenvalue weighted by atomic mass is 16.5. The zero-order valence-corrected chi connectivity index (χ0v) is 16.5. The molecule has 0 spiro atoms. The molecule has 4 aliphatic carbocycles. The van der Waals surface area contributed by atoms with E-state index in [1.54, 1.807) is 30.3 Å². The lowest BCUT2D eigenvalue weighted by Crippen LogP contribution is -2.57. The summed E-state index contributed by atoms with van der Waals surface area (Å²) in [7, 11) is 0. The smallest absolute Gasteiger partial charge is 0.347 e. The van der Waals surface area contributed by atoms with Crippen LogP contribution in [0.3, 0.4) is 0 Å². The molecule has 0 aromatic heterocycles. The van der Waals surface area contributed by atoms with Gasteiger partial charge in [0.15, 0.2) is 0 Å². The first kappa shape index (κ1) is 19.0. The summed E-state index contributed by atoms with van der Waals surface area (Å²) in [5.41, 5.74) is -0.463. The third kappa shape index (κ3) is 3.20. The van der Waals surface area contributed by atoms with Crippen LogP contribution in [0, 0.1) is 23.2 Å². The summed E-state index contributed by atoms with van der Waals surface area (Å²) >= 11 is 0. The SMILES string of the molecule is O=C(Oc1cccc(OC2C3CC4CC2CC(C(=O)O)(C4)C3)c1)c1ccccc1O. The first-order valence-electron chi connectivity index (χ1n) is 10.4. The molecule has 6 heteroatoms. The molecule has 6 nitrogen and oxygen atoms in total. The van der Waals surface area contributed by atoms with Crippen molar-refractivity contribution in [1.29, 1.82) is 0 Å². The van der Waals surface area contributed by atoms with Gasteiger partial charge in [-0.05, 0) is 74.1 Å². The molecule has 2 atom stereocenters. The van der Waals surface area contributed by atoms with Crippen molar-refractivity contribution in [1.82, 2.24) is 0 Å². The van der Waals surface area contributed by atoms with E-state index in [9.17, 15) is 19.8 Å². The van der Waals surface area contributed by atoms with E-state index in [-0.39, 0.29) is 29.3 Å². The lowest BCUT2D eigenvalue weighted by molar-refractivity contribution is -0.175. The Labute approximate surface area is 174 Å². The quantitative estimate of drug-likeness (QED) is 0.567. The normalized spacial score (nSPS) is 31.3. The Hall–Kier alpha value is -3.02. The van der Waals surface area contributed by atoms with E-state index in [1.165, 1.54) is 12.1 Å². The highest BCUT2D eigenvalue weighted by molar-refractivity contribution is 5.93. The lowest BCUT2D eigenvalue weighted by atomic mass is 9.48. The second kappa shape index (κ2) is 7.04. The summed E-state index contributed by atoms with van der Waals surface area (Å²) in [4.78, 5) is 24.3. The van der Waals surface area contributed by atoms with Crippen molar-refractivity contribution >= 4 is 11.9 Å². The Bertz CT molecular complexity index is 983. The molecule has 0 heterocycles. The summed E-state index contributed by atoms with van der Waals surface area (Å²) in [6.07, 6.45) is 4.22. The monoisotopic (exact) mass is 408 g/mol. The van der Waals surface area contributed by atoms with Gasteiger partial charge in [-0.25, -0.2) is 4.79 Å². The fourth-order valence-corrected chi connectivity index (χ4v) is 6.01. The summed E-state index contributed by atoms with van der Waals surface area (Å²) < 4.78 is 11.8. The van der Waals surface area contributed by atoms with Crippen LogP contribution >= 0.6 is 0 Å². The lowest BCUT2D eigenvalue weighted by Gasteiger charge is -2.57. The van der Waals surface area contributed by atoms with E-state index in [0.717, 1.165) is 19.3 Å². The number of carboxylic acid groups (broad SMARTS) is 1. The van der Waals surface area contributed by atoms with Crippen LogP contribution in [-0.2, 0) is 4.79 Å². The van der Waals surface area contributed by atoms with Crippen LogP contribution in [0.2, 0.25) is 0 Å². The van der Waals surface area contributed by atoms with E-state index >= 15 is 0 Å². The highest BCUT2D eigenvalue weighted by Gasteiger charge is 2.59. The zero-order chi connectivity index (χ0) is 20.9. The van der Waals surface area contributed by atoms with Crippen molar-refractivity contribution < 1.29 is 29.3 Å². The summed E-state index contributed by atoms with van der Waals surface area (Å²) in [6, 6.07) is 13.2. The minimum Gasteiger partial charge on any atom is -0.507 e. The van der Waals surface area contributed by atoms with Crippen molar-refractivity contribution in [2.75, 3.05) is 0 Å². The number of hydrogen-bond acceptors (Lipinski definition) is 5. The number of benzene rings is 2. The second-order valence-electron chi connectivity index (χ2n) is 9.02. The third-order valence-electron chi connectivity index (χ3n) is 7.05. The summed E-state index contributed by atoms with van der Waals surface area (Å²) in [5, 5.41) is 19.6. The van der Waals surface area contributed by atoms with Gasteiger partial charge in [-0.1, -0.05) is 18.2 Å². The molecule has 0 aliphatic heterocycles. The van der Waals surface area contributed by atoms with Crippen LogP contribution in [0.5, 0.6) is 17.2 Å². The molecule has 30 heavy (non-hydrogen) atoms. The molecule has 4 bridgehead atoms. The number of carboxylic acids is 1. The fraction of sp³-hybridized carbons (Fsp3) is 0.417. The van der Waals surface area contributed by atoms with E-state index in [4.69, 9.17) is 9.47 Å². The number of hydrogen-bond donors (Lipinski definition) is 2. The van der Waals surface area contributed by atoms with Gasteiger partial charge in [0, 0.05) is 6.07 Å². The molecule has 2 N–H and O–H groups in total. The van der Waals surface area contributed by atoms with Crippen LogP contribution in [0.25, 0.3) is 0 Å². The number of ether oxygens (including phenoxy) is 2. The Kier molecular flexibility index (Phi) is 4.45. The first-order valence-corrected chi connectivity index (χ1v) is 10.4. The number of carbonyl (C=O) groups excluding carboxylic acids is 1. The van der Waals surface area contributed by atoms with Gasteiger partial charge in [-0.3, -0.25) is 4.79 Å². The Morgan fingerprint density at radius 3 is 2.33 bits per heavy atom. The third-order valence-corrected chi connectivity index (χ3v) is 7.05. The molecule has 0 saturated heterocycles. The zero-order valence-electron chi connectivity index (χ0n) is 16.5. The van der Waals surface area contributed by atoms with Gasteiger partial charge in [-0.15, -0.1) is 0 Å². The van der Waals surface area contributed by atoms with Crippen molar-refractivity contribution in [2.24, 2.45) is 23.2 Å².